The van der Waals surface area contributed by atoms with Gasteiger partial charge in [-0.05, 0) is 25.5 Å². The number of hydrogen-bond donors (Lipinski definition) is 2. The molecule has 1 unspecified atom stereocenters. The monoisotopic (exact) mass is 272 g/mol. The fourth-order valence-electron chi connectivity index (χ4n) is 1.64. The van der Waals surface area contributed by atoms with Crippen LogP contribution < -0.4 is 15.8 Å². The molecule has 4 nitrogen and oxygen atoms in total. The summed E-state index contributed by atoms with van der Waals surface area (Å²) in [5, 5.41) is 2.86. The summed E-state index contributed by atoms with van der Waals surface area (Å²) >= 11 is 0. The topological polar surface area (TPSA) is 64.3 Å². The van der Waals surface area contributed by atoms with Crippen molar-refractivity contribution in [3.63, 3.8) is 0 Å². The third-order valence-corrected chi connectivity index (χ3v) is 2.87. The molecule has 0 aliphatic rings. The number of nitrogens with two attached hydrogens (primary N) is 1. The van der Waals surface area contributed by atoms with Gasteiger partial charge < -0.3 is 15.8 Å². The van der Waals surface area contributed by atoms with Crippen molar-refractivity contribution in [3.05, 3.63) is 23.3 Å². The molecule has 1 aromatic rings. The molecule has 0 aromatic heterocycles. The zero-order valence-electron chi connectivity index (χ0n) is 11.2. The lowest BCUT2D eigenvalue weighted by Gasteiger charge is -2.15. The third-order valence-electron chi connectivity index (χ3n) is 2.87. The summed E-state index contributed by atoms with van der Waals surface area (Å²) in [5.74, 6) is 0.548. The SMILES string of the molecule is COc1c(C)ccc(NC(=O)C(C)CN)c1C.Cl. The highest BCUT2D eigenvalue weighted by Crippen LogP contribution is 2.29. The predicted molar refractivity (Wildman–Crippen MR) is 76.6 cm³/mol. The highest BCUT2D eigenvalue weighted by atomic mass is 35.5. The normalized spacial score (nSPS) is 11.4. The van der Waals surface area contributed by atoms with Crippen LogP contribution in [0.1, 0.15) is 18.1 Å². The molecule has 0 saturated heterocycles. The maximum atomic E-state index is 11.7. The van der Waals surface area contributed by atoms with Crippen LogP contribution in [0.15, 0.2) is 12.1 Å². The Morgan fingerprint density at radius 3 is 2.56 bits per heavy atom. The molecule has 1 atom stereocenters. The standard InChI is InChI=1S/C13H20N2O2.ClH/c1-8-5-6-11(10(3)12(8)17-4)15-13(16)9(2)7-14;/h5-6,9H,7,14H2,1-4H3,(H,15,16);1H. The second-order valence-corrected chi connectivity index (χ2v) is 4.21. The molecular weight excluding hydrogens is 252 g/mol. The van der Waals surface area contributed by atoms with Gasteiger partial charge in [-0.3, -0.25) is 4.79 Å². The van der Waals surface area contributed by atoms with E-state index in [4.69, 9.17) is 10.5 Å². The Hall–Kier alpha value is -1.26. The number of rotatable bonds is 4. The first-order valence-corrected chi connectivity index (χ1v) is 5.66. The largest absolute Gasteiger partial charge is 0.496 e. The van der Waals surface area contributed by atoms with Crippen LogP contribution in [-0.4, -0.2) is 19.6 Å². The predicted octanol–water partition coefficient (Wildman–Crippen LogP) is 2.27. The molecule has 0 aliphatic heterocycles. The van der Waals surface area contributed by atoms with Crippen molar-refractivity contribution < 1.29 is 9.53 Å². The summed E-state index contributed by atoms with van der Waals surface area (Å²) in [6.45, 7) is 6.04. The molecule has 102 valence electrons. The Balaban J connectivity index is 0.00000289. The summed E-state index contributed by atoms with van der Waals surface area (Å²) in [7, 11) is 1.63. The number of carbonyl (C=O) groups excluding carboxylic acids is 1. The zero-order valence-corrected chi connectivity index (χ0v) is 12.1. The molecule has 0 radical (unpaired) electrons. The second-order valence-electron chi connectivity index (χ2n) is 4.21. The van der Waals surface area contributed by atoms with Gasteiger partial charge in [0.2, 0.25) is 5.91 Å². The van der Waals surface area contributed by atoms with E-state index in [1.165, 1.54) is 0 Å². The van der Waals surface area contributed by atoms with Crippen LogP contribution in [0.5, 0.6) is 5.75 Å². The van der Waals surface area contributed by atoms with E-state index in [0.29, 0.717) is 6.54 Å². The molecule has 0 spiro atoms. The Labute approximate surface area is 114 Å². The van der Waals surface area contributed by atoms with E-state index in [9.17, 15) is 4.79 Å². The average molecular weight is 273 g/mol. The first-order chi connectivity index (χ1) is 8.01. The lowest BCUT2D eigenvalue weighted by Crippen LogP contribution is -2.27. The molecule has 0 aliphatic carbocycles. The van der Waals surface area contributed by atoms with Gasteiger partial charge in [-0.1, -0.05) is 13.0 Å². The minimum atomic E-state index is -0.193. The van der Waals surface area contributed by atoms with Gasteiger partial charge in [0.25, 0.3) is 0 Å². The number of halogens is 1. The van der Waals surface area contributed by atoms with E-state index in [2.05, 4.69) is 5.32 Å². The van der Waals surface area contributed by atoms with Gasteiger partial charge in [0.15, 0.2) is 0 Å². The molecular formula is C13H21ClN2O2. The molecule has 0 fully saturated rings. The van der Waals surface area contributed by atoms with Crippen LogP contribution in [0.3, 0.4) is 0 Å². The number of carbonyl (C=O) groups is 1. The van der Waals surface area contributed by atoms with Crippen molar-refractivity contribution in [2.75, 3.05) is 19.0 Å². The first kappa shape index (κ1) is 16.7. The van der Waals surface area contributed by atoms with Gasteiger partial charge in [0, 0.05) is 23.7 Å². The van der Waals surface area contributed by atoms with E-state index >= 15 is 0 Å². The van der Waals surface area contributed by atoms with E-state index in [1.54, 1.807) is 14.0 Å². The summed E-state index contributed by atoms with van der Waals surface area (Å²) in [4.78, 5) is 11.7. The molecule has 1 amide bonds. The van der Waals surface area contributed by atoms with E-state index in [1.807, 2.05) is 26.0 Å². The Bertz CT molecular complexity index is 422. The molecule has 1 rings (SSSR count). The summed E-state index contributed by atoms with van der Waals surface area (Å²) in [6, 6.07) is 3.81. The van der Waals surface area contributed by atoms with Crippen LogP contribution >= 0.6 is 12.4 Å². The number of anilines is 1. The van der Waals surface area contributed by atoms with Gasteiger partial charge in [0.1, 0.15) is 5.75 Å². The van der Waals surface area contributed by atoms with Crippen molar-refractivity contribution in [3.8, 4) is 5.75 Å². The Morgan fingerprint density at radius 2 is 2.06 bits per heavy atom. The Morgan fingerprint density at radius 1 is 1.44 bits per heavy atom. The minimum Gasteiger partial charge on any atom is -0.496 e. The van der Waals surface area contributed by atoms with Crippen molar-refractivity contribution in [1.82, 2.24) is 0 Å². The fraction of sp³-hybridized carbons (Fsp3) is 0.462. The summed E-state index contributed by atoms with van der Waals surface area (Å²) in [6.07, 6.45) is 0. The number of benzene rings is 1. The maximum Gasteiger partial charge on any atom is 0.228 e. The van der Waals surface area contributed by atoms with Crippen molar-refractivity contribution >= 4 is 24.0 Å². The van der Waals surface area contributed by atoms with Crippen LogP contribution in [0, 0.1) is 19.8 Å². The van der Waals surface area contributed by atoms with Gasteiger partial charge in [-0.25, -0.2) is 0 Å². The van der Waals surface area contributed by atoms with Crippen molar-refractivity contribution in [2.45, 2.75) is 20.8 Å². The maximum absolute atomic E-state index is 11.7. The lowest BCUT2D eigenvalue weighted by atomic mass is 10.1. The molecule has 5 heteroatoms. The minimum absolute atomic E-state index is 0. The average Bonchev–Trinajstić information content (AvgIpc) is 2.32. The number of aryl methyl sites for hydroxylation is 1. The van der Waals surface area contributed by atoms with Gasteiger partial charge in [-0.2, -0.15) is 0 Å². The highest BCUT2D eigenvalue weighted by Gasteiger charge is 2.14. The number of methoxy groups -OCH3 is 1. The van der Waals surface area contributed by atoms with Gasteiger partial charge >= 0.3 is 0 Å². The van der Waals surface area contributed by atoms with E-state index in [-0.39, 0.29) is 24.2 Å². The van der Waals surface area contributed by atoms with Crippen LogP contribution in [0.25, 0.3) is 0 Å². The van der Waals surface area contributed by atoms with Crippen molar-refractivity contribution in [1.29, 1.82) is 0 Å². The van der Waals surface area contributed by atoms with Crippen molar-refractivity contribution in [2.24, 2.45) is 11.7 Å². The second kappa shape index (κ2) is 7.24. The summed E-state index contributed by atoms with van der Waals surface area (Å²) in [5.41, 5.74) is 8.22. The highest BCUT2D eigenvalue weighted by molar-refractivity contribution is 5.93. The van der Waals surface area contributed by atoms with E-state index in [0.717, 1.165) is 22.6 Å². The quantitative estimate of drug-likeness (QED) is 0.884. The fourth-order valence-corrected chi connectivity index (χ4v) is 1.64. The smallest absolute Gasteiger partial charge is 0.228 e. The zero-order chi connectivity index (χ0) is 13.0. The lowest BCUT2D eigenvalue weighted by molar-refractivity contribution is -0.119. The number of nitrogens with one attached hydrogen (secondary N) is 1. The van der Waals surface area contributed by atoms with E-state index < -0.39 is 0 Å². The number of ether oxygens (including phenoxy) is 1. The van der Waals surface area contributed by atoms with Crippen LogP contribution in [-0.2, 0) is 4.79 Å². The number of amides is 1. The Kier molecular flexibility index (Phi) is 6.73. The third kappa shape index (κ3) is 3.62. The van der Waals surface area contributed by atoms with Gasteiger partial charge in [0.05, 0.1) is 7.11 Å². The van der Waals surface area contributed by atoms with Crippen LogP contribution in [0.2, 0.25) is 0 Å². The molecule has 0 heterocycles. The molecule has 18 heavy (non-hydrogen) atoms. The van der Waals surface area contributed by atoms with Gasteiger partial charge in [-0.15, -0.1) is 12.4 Å². The molecule has 0 bridgehead atoms. The summed E-state index contributed by atoms with van der Waals surface area (Å²) < 4.78 is 5.31. The molecule has 0 saturated carbocycles. The van der Waals surface area contributed by atoms with Crippen LogP contribution in [0.4, 0.5) is 5.69 Å². The number of hydrogen-bond acceptors (Lipinski definition) is 3. The molecule has 1 aromatic carbocycles. The molecule has 3 N–H and O–H groups in total. The first-order valence-electron chi connectivity index (χ1n) is 5.66.